The van der Waals surface area contributed by atoms with E-state index >= 15 is 0 Å². The highest BCUT2D eigenvalue weighted by atomic mass is 35.5. The highest BCUT2D eigenvalue weighted by molar-refractivity contribution is 6.30. The van der Waals surface area contributed by atoms with Crippen molar-refractivity contribution in [2.24, 2.45) is 5.92 Å². The van der Waals surface area contributed by atoms with Crippen molar-refractivity contribution in [3.8, 4) is 0 Å². The molecule has 108 valence electrons. The second-order valence-corrected chi connectivity index (χ2v) is 5.99. The largest absolute Gasteiger partial charge is 0.374 e. The zero-order chi connectivity index (χ0) is 14.3. The van der Waals surface area contributed by atoms with Gasteiger partial charge >= 0.3 is 0 Å². The number of nitrogens with one attached hydrogen (secondary N) is 1. The van der Waals surface area contributed by atoms with Crippen LogP contribution in [0, 0.1) is 5.92 Å². The summed E-state index contributed by atoms with van der Waals surface area (Å²) in [4.78, 5) is 2.33. The molecule has 3 heteroatoms. The van der Waals surface area contributed by atoms with E-state index in [1.165, 1.54) is 17.7 Å². The maximum atomic E-state index is 6.12. The van der Waals surface area contributed by atoms with Crippen molar-refractivity contribution in [1.29, 1.82) is 0 Å². The maximum absolute atomic E-state index is 6.12. The number of hydrogen-bond acceptors (Lipinski definition) is 2. The van der Waals surface area contributed by atoms with E-state index in [0.29, 0.717) is 0 Å². The van der Waals surface area contributed by atoms with Gasteiger partial charge in [0.05, 0.1) is 0 Å². The van der Waals surface area contributed by atoms with Gasteiger partial charge in [0, 0.05) is 30.8 Å². The molecule has 0 radical (unpaired) electrons. The minimum atomic E-state index is 0.733. The molecule has 0 aliphatic rings. The van der Waals surface area contributed by atoms with Crippen molar-refractivity contribution in [3.63, 3.8) is 0 Å². The summed E-state index contributed by atoms with van der Waals surface area (Å²) in [6, 6.07) is 6.18. The van der Waals surface area contributed by atoms with Gasteiger partial charge in [-0.3, -0.25) is 0 Å². The average molecular weight is 283 g/mol. The second kappa shape index (κ2) is 8.44. The Labute approximate surface area is 123 Å². The fourth-order valence-corrected chi connectivity index (χ4v) is 2.23. The monoisotopic (exact) mass is 282 g/mol. The molecular weight excluding hydrogens is 256 g/mol. The minimum Gasteiger partial charge on any atom is -0.374 e. The summed E-state index contributed by atoms with van der Waals surface area (Å²) in [7, 11) is 2.16. The Bertz CT molecular complexity index is 377. The van der Waals surface area contributed by atoms with E-state index in [0.717, 1.165) is 37.0 Å². The highest BCUT2D eigenvalue weighted by Gasteiger charge is 2.08. The van der Waals surface area contributed by atoms with E-state index in [1.807, 2.05) is 6.07 Å². The lowest BCUT2D eigenvalue weighted by atomic mass is 10.1. The normalized spacial score (nSPS) is 11.1. The standard InChI is InChI=1S/C16H27ClN2/c1-5-9-18-12-14-11-15(17)6-7-16(14)19(4)10-8-13(2)3/h6-7,11,13,18H,5,8-10,12H2,1-4H3. The highest BCUT2D eigenvalue weighted by Crippen LogP contribution is 2.24. The van der Waals surface area contributed by atoms with Crippen molar-refractivity contribution >= 4 is 17.3 Å². The van der Waals surface area contributed by atoms with Crippen LogP contribution >= 0.6 is 11.6 Å². The van der Waals surface area contributed by atoms with Gasteiger partial charge in [-0.25, -0.2) is 0 Å². The number of halogens is 1. The maximum Gasteiger partial charge on any atom is 0.0410 e. The Morgan fingerprint density at radius 1 is 1.32 bits per heavy atom. The molecule has 1 rings (SSSR count). The molecule has 0 spiro atoms. The van der Waals surface area contributed by atoms with Crippen LogP contribution in [-0.4, -0.2) is 20.1 Å². The summed E-state index contributed by atoms with van der Waals surface area (Å²) in [6.45, 7) is 9.72. The molecule has 0 amide bonds. The molecule has 2 nitrogen and oxygen atoms in total. The quantitative estimate of drug-likeness (QED) is 0.714. The van der Waals surface area contributed by atoms with Gasteiger partial charge in [-0.1, -0.05) is 32.4 Å². The van der Waals surface area contributed by atoms with Gasteiger partial charge in [0.1, 0.15) is 0 Å². The molecule has 0 unspecified atom stereocenters. The smallest absolute Gasteiger partial charge is 0.0410 e. The topological polar surface area (TPSA) is 15.3 Å². The van der Waals surface area contributed by atoms with Crippen molar-refractivity contribution in [2.75, 3.05) is 25.0 Å². The van der Waals surface area contributed by atoms with Crippen LogP contribution in [0.15, 0.2) is 18.2 Å². The van der Waals surface area contributed by atoms with Crippen LogP contribution in [0.4, 0.5) is 5.69 Å². The fourth-order valence-electron chi connectivity index (χ4n) is 2.04. The number of nitrogens with zero attached hydrogens (tertiary/aromatic N) is 1. The number of rotatable bonds is 8. The lowest BCUT2D eigenvalue weighted by Crippen LogP contribution is -2.23. The summed E-state index contributed by atoms with van der Waals surface area (Å²) in [5.41, 5.74) is 2.57. The SMILES string of the molecule is CCCNCc1cc(Cl)ccc1N(C)CCC(C)C. The van der Waals surface area contributed by atoms with Gasteiger partial charge in [0.2, 0.25) is 0 Å². The Morgan fingerprint density at radius 2 is 2.05 bits per heavy atom. The fraction of sp³-hybridized carbons (Fsp3) is 0.625. The molecule has 0 aliphatic heterocycles. The summed E-state index contributed by atoms with van der Waals surface area (Å²) < 4.78 is 0. The predicted molar refractivity (Wildman–Crippen MR) is 86.2 cm³/mol. The molecule has 1 aromatic carbocycles. The number of hydrogen-bond donors (Lipinski definition) is 1. The van der Waals surface area contributed by atoms with Crippen LogP contribution in [0.25, 0.3) is 0 Å². The van der Waals surface area contributed by atoms with Crippen molar-refractivity contribution in [3.05, 3.63) is 28.8 Å². The summed E-state index contributed by atoms with van der Waals surface area (Å²) in [5.74, 6) is 0.733. The molecule has 0 bridgehead atoms. The van der Waals surface area contributed by atoms with Gasteiger partial charge in [0.15, 0.2) is 0 Å². The molecular formula is C16H27ClN2. The Balaban J connectivity index is 2.74. The predicted octanol–water partition coefficient (Wildman–Crippen LogP) is 4.32. The molecule has 0 heterocycles. The van der Waals surface area contributed by atoms with Crippen LogP contribution in [0.2, 0.25) is 5.02 Å². The van der Waals surface area contributed by atoms with E-state index in [9.17, 15) is 0 Å². The zero-order valence-electron chi connectivity index (χ0n) is 12.7. The van der Waals surface area contributed by atoms with Crippen molar-refractivity contribution in [2.45, 2.75) is 40.2 Å². The number of benzene rings is 1. The first-order valence-electron chi connectivity index (χ1n) is 7.24. The lowest BCUT2D eigenvalue weighted by molar-refractivity contribution is 0.584. The van der Waals surface area contributed by atoms with Crippen LogP contribution < -0.4 is 10.2 Å². The molecule has 0 atom stereocenters. The lowest BCUT2D eigenvalue weighted by Gasteiger charge is -2.24. The van der Waals surface area contributed by atoms with Gasteiger partial charge in [-0.15, -0.1) is 0 Å². The van der Waals surface area contributed by atoms with Crippen LogP contribution in [-0.2, 0) is 6.54 Å². The van der Waals surface area contributed by atoms with Crippen LogP contribution in [0.1, 0.15) is 39.2 Å². The van der Waals surface area contributed by atoms with Crippen molar-refractivity contribution < 1.29 is 0 Å². The van der Waals surface area contributed by atoms with Crippen LogP contribution in [0.5, 0.6) is 0 Å². The first-order valence-corrected chi connectivity index (χ1v) is 7.62. The third-order valence-corrected chi connectivity index (χ3v) is 3.47. The van der Waals surface area contributed by atoms with Crippen LogP contribution in [0.3, 0.4) is 0 Å². The summed E-state index contributed by atoms with van der Waals surface area (Å²) in [5, 5.41) is 4.27. The third-order valence-electron chi connectivity index (χ3n) is 3.24. The third kappa shape index (κ3) is 5.84. The van der Waals surface area contributed by atoms with Gasteiger partial charge in [-0.2, -0.15) is 0 Å². The Morgan fingerprint density at radius 3 is 2.68 bits per heavy atom. The molecule has 0 saturated carbocycles. The first kappa shape index (κ1) is 16.3. The van der Waals surface area contributed by atoms with E-state index in [-0.39, 0.29) is 0 Å². The molecule has 0 fully saturated rings. The van der Waals surface area contributed by atoms with Crippen molar-refractivity contribution in [1.82, 2.24) is 5.32 Å². The Hall–Kier alpha value is -0.730. The Kier molecular flexibility index (Phi) is 7.25. The van der Waals surface area contributed by atoms with E-state index in [1.54, 1.807) is 0 Å². The molecule has 0 aliphatic carbocycles. The van der Waals surface area contributed by atoms with E-state index in [2.05, 4.69) is 50.2 Å². The minimum absolute atomic E-state index is 0.733. The second-order valence-electron chi connectivity index (χ2n) is 5.55. The van der Waals surface area contributed by atoms with E-state index < -0.39 is 0 Å². The molecule has 19 heavy (non-hydrogen) atoms. The number of anilines is 1. The van der Waals surface area contributed by atoms with Gasteiger partial charge in [0.25, 0.3) is 0 Å². The first-order chi connectivity index (χ1) is 9.04. The van der Waals surface area contributed by atoms with Gasteiger partial charge < -0.3 is 10.2 Å². The molecule has 1 N–H and O–H groups in total. The molecule has 0 saturated heterocycles. The summed E-state index contributed by atoms with van der Waals surface area (Å²) >= 11 is 6.12. The zero-order valence-corrected chi connectivity index (χ0v) is 13.4. The van der Waals surface area contributed by atoms with Gasteiger partial charge in [-0.05, 0) is 49.1 Å². The molecule has 0 aromatic heterocycles. The summed E-state index contributed by atoms with van der Waals surface area (Å²) in [6.07, 6.45) is 2.36. The molecule has 1 aromatic rings. The van der Waals surface area contributed by atoms with E-state index in [4.69, 9.17) is 11.6 Å². The average Bonchev–Trinajstić information content (AvgIpc) is 2.36.